The minimum Gasteiger partial charge on any atom is -0.460 e. The van der Waals surface area contributed by atoms with Crippen LogP contribution in [0.1, 0.15) is 70.7 Å². The molecule has 4 rings (SSSR count). The van der Waals surface area contributed by atoms with Crippen molar-refractivity contribution in [2.24, 2.45) is 0 Å². The van der Waals surface area contributed by atoms with Crippen molar-refractivity contribution in [3.05, 3.63) is 60.2 Å². The molecule has 0 spiro atoms. The lowest BCUT2D eigenvalue weighted by molar-refractivity contribution is -0.159. The zero-order valence-corrected chi connectivity index (χ0v) is 22.0. The molecule has 36 heavy (non-hydrogen) atoms. The molecule has 0 bridgehead atoms. The first-order valence-electron chi connectivity index (χ1n) is 12.2. The highest BCUT2D eigenvalue weighted by Gasteiger charge is 2.34. The number of aromatic nitrogens is 4. The predicted octanol–water partition coefficient (Wildman–Crippen LogP) is 5.44. The lowest BCUT2D eigenvalue weighted by Crippen LogP contribution is -2.33. The molecule has 0 amide bonds. The lowest BCUT2D eigenvalue weighted by atomic mass is 10.0. The number of esters is 2. The normalized spacial score (nSPS) is 13.2. The van der Waals surface area contributed by atoms with E-state index in [9.17, 15) is 9.59 Å². The van der Waals surface area contributed by atoms with Gasteiger partial charge in [0.25, 0.3) is 0 Å². The number of carbonyl (C=O) groups excluding carboxylic acids is 2. The summed E-state index contributed by atoms with van der Waals surface area (Å²) in [6.45, 7) is 13.8. The zero-order valence-electron chi connectivity index (χ0n) is 22.0. The van der Waals surface area contributed by atoms with Crippen molar-refractivity contribution in [3.8, 4) is 0 Å². The van der Waals surface area contributed by atoms with E-state index in [-0.39, 0.29) is 24.4 Å². The zero-order chi connectivity index (χ0) is 26.3. The van der Waals surface area contributed by atoms with Gasteiger partial charge in [0.15, 0.2) is 5.65 Å². The number of rotatable bonds is 6. The maximum atomic E-state index is 13.7. The summed E-state index contributed by atoms with van der Waals surface area (Å²) in [4.78, 5) is 35.6. The first-order chi connectivity index (χ1) is 16.9. The van der Waals surface area contributed by atoms with Gasteiger partial charge >= 0.3 is 11.9 Å². The Morgan fingerprint density at radius 2 is 1.75 bits per heavy atom. The minimum atomic E-state index is -0.886. The second-order valence-electron chi connectivity index (χ2n) is 10.8. The standard InChI is InChI=1S/C28H34N4O4/c1-8-35-26(34)24-30-20-13-11-15-29-23(20)32(24)22(25(33)36-28(5,6)7)16-18-17-31(27(2,3)4)21-14-10-9-12-19(18)21/h9-15,17,22H,8,16H2,1-7H3/t22-/m0/s1. The van der Waals surface area contributed by atoms with Crippen LogP contribution in [0.2, 0.25) is 0 Å². The minimum absolute atomic E-state index is 0.0287. The second kappa shape index (κ2) is 9.41. The molecular formula is C28H34N4O4. The Hall–Kier alpha value is -3.68. The predicted molar refractivity (Wildman–Crippen MR) is 139 cm³/mol. The smallest absolute Gasteiger partial charge is 0.374 e. The number of carbonyl (C=O) groups is 2. The monoisotopic (exact) mass is 490 g/mol. The topological polar surface area (TPSA) is 88.2 Å². The molecule has 8 nitrogen and oxygen atoms in total. The van der Waals surface area contributed by atoms with Crippen LogP contribution in [0.25, 0.3) is 22.1 Å². The van der Waals surface area contributed by atoms with E-state index in [0.29, 0.717) is 11.2 Å². The molecule has 0 aliphatic rings. The molecule has 190 valence electrons. The Balaban J connectivity index is 1.93. The van der Waals surface area contributed by atoms with Gasteiger partial charge in [-0.1, -0.05) is 18.2 Å². The van der Waals surface area contributed by atoms with Gasteiger partial charge in [0, 0.05) is 35.3 Å². The van der Waals surface area contributed by atoms with Crippen molar-refractivity contribution in [2.45, 2.75) is 72.1 Å². The van der Waals surface area contributed by atoms with Crippen LogP contribution in [0, 0.1) is 0 Å². The van der Waals surface area contributed by atoms with Gasteiger partial charge in [-0.3, -0.25) is 4.57 Å². The molecule has 0 unspecified atom stereocenters. The molecule has 0 saturated carbocycles. The van der Waals surface area contributed by atoms with Crippen molar-refractivity contribution < 1.29 is 19.1 Å². The molecule has 4 aromatic rings. The summed E-state index contributed by atoms with van der Waals surface area (Å²) in [5, 5.41) is 1.04. The van der Waals surface area contributed by atoms with Gasteiger partial charge in [-0.2, -0.15) is 0 Å². The number of ether oxygens (including phenoxy) is 2. The van der Waals surface area contributed by atoms with Crippen LogP contribution in [0.3, 0.4) is 0 Å². The van der Waals surface area contributed by atoms with Gasteiger partial charge in [-0.15, -0.1) is 0 Å². The first kappa shape index (κ1) is 25.4. The third-order valence-electron chi connectivity index (χ3n) is 5.83. The fourth-order valence-electron chi connectivity index (χ4n) is 4.39. The highest BCUT2D eigenvalue weighted by Crippen LogP contribution is 2.32. The molecule has 1 atom stereocenters. The van der Waals surface area contributed by atoms with Crippen molar-refractivity contribution in [3.63, 3.8) is 0 Å². The van der Waals surface area contributed by atoms with Crippen molar-refractivity contribution >= 4 is 34.0 Å². The third kappa shape index (κ3) is 4.98. The number of nitrogens with zero attached hydrogens (tertiary/aromatic N) is 4. The third-order valence-corrected chi connectivity index (χ3v) is 5.83. The van der Waals surface area contributed by atoms with E-state index in [4.69, 9.17) is 9.47 Å². The second-order valence-corrected chi connectivity index (χ2v) is 10.8. The number of hydrogen-bond donors (Lipinski definition) is 0. The molecule has 0 radical (unpaired) electrons. The summed E-state index contributed by atoms with van der Waals surface area (Å²) >= 11 is 0. The fraction of sp³-hybridized carbons (Fsp3) is 0.429. The summed E-state index contributed by atoms with van der Waals surface area (Å²) < 4.78 is 14.9. The highest BCUT2D eigenvalue weighted by molar-refractivity contribution is 5.92. The van der Waals surface area contributed by atoms with E-state index in [2.05, 4.69) is 53.6 Å². The number of benzene rings is 1. The molecule has 8 heteroatoms. The van der Waals surface area contributed by atoms with E-state index in [0.717, 1.165) is 16.5 Å². The number of pyridine rings is 1. The van der Waals surface area contributed by atoms with Crippen LogP contribution in [-0.2, 0) is 26.2 Å². The maximum Gasteiger partial charge on any atom is 0.374 e. The van der Waals surface area contributed by atoms with Crippen LogP contribution in [-0.4, -0.2) is 43.2 Å². The van der Waals surface area contributed by atoms with Crippen LogP contribution in [0.5, 0.6) is 0 Å². The van der Waals surface area contributed by atoms with Gasteiger partial charge in [-0.05, 0) is 72.2 Å². The molecule has 0 aliphatic heterocycles. The maximum absolute atomic E-state index is 13.7. The molecule has 3 aromatic heterocycles. The van der Waals surface area contributed by atoms with E-state index >= 15 is 0 Å². The van der Waals surface area contributed by atoms with Gasteiger partial charge in [0.1, 0.15) is 17.2 Å². The molecule has 0 fully saturated rings. The van der Waals surface area contributed by atoms with Crippen molar-refractivity contribution in [2.75, 3.05) is 6.61 Å². The van der Waals surface area contributed by atoms with Gasteiger partial charge in [-0.25, -0.2) is 19.6 Å². The number of imidazole rings is 1. The van der Waals surface area contributed by atoms with Crippen LogP contribution >= 0.6 is 0 Å². The SMILES string of the molecule is CCOC(=O)c1nc2cccnc2n1[C@@H](Cc1cn(C(C)(C)C)c2ccccc12)C(=O)OC(C)(C)C. The average molecular weight is 491 g/mol. The molecule has 0 saturated heterocycles. The quantitative estimate of drug-likeness (QED) is 0.334. The Kier molecular flexibility index (Phi) is 6.64. The van der Waals surface area contributed by atoms with Crippen molar-refractivity contribution in [1.29, 1.82) is 0 Å². The lowest BCUT2D eigenvalue weighted by Gasteiger charge is -2.25. The summed E-state index contributed by atoms with van der Waals surface area (Å²) in [5.74, 6) is -1.05. The fourth-order valence-corrected chi connectivity index (χ4v) is 4.39. The number of hydrogen-bond acceptors (Lipinski definition) is 6. The highest BCUT2D eigenvalue weighted by atomic mass is 16.6. The van der Waals surface area contributed by atoms with E-state index < -0.39 is 23.6 Å². The summed E-state index contributed by atoms with van der Waals surface area (Å²) in [6.07, 6.45) is 3.98. The molecular weight excluding hydrogens is 456 g/mol. The van der Waals surface area contributed by atoms with Gasteiger partial charge in [0.2, 0.25) is 5.82 Å². The van der Waals surface area contributed by atoms with Gasteiger partial charge < -0.3 is 14.0 Å². The van der Waals surface area contributed by atoms with Gasteiger partial charge in [0.05, 0.1) is 6.61 Å². The van der Waals surface area contributed by atoms with Crippen molar-refractivity contribution in [1.82, 2.24) is 19.1 Å². The van der Waals surface area contributed by atoms with E-state index in [1.807, 2.05) is 32.9 Å². The first-order valence-corrected chi connectivity index (χ1v) is 12.2. The summed E-state index contributed by atoms with van der Waals surface area (Å²) in [6, 6.07) is 10.7. The molecule has 0 aliphatic carbocycles. The Bertz CT molecular complexity index is 1420. The molecule has 1 aromatic carbocycles. The van der Waals surface area contributed by atoms with Crippen LogP contribution < -0.4 is 0 Å². The Morgan fingerprint density at radius 1 is 1.03 bits per heavy atom. The van der Waals surface area contributed by atoms with Crippen LogP contribution in [0.15, 0.2) is 48.8 Å². The number of para-hydroxylation sites is 1. The molecule has 3 heterocycles. The summed E-state index contributed by atoms with van der Waals surface area (Å²) in [5.41, 5.74) is 2.08. The van der Waals surface area contributed by atoms with E-state index in [1.165, 1.54) is 0 Å². The van der Waals surface area contributed by atoms with Crippen LogP contribution in [0.4, 0.5) is 0 Å². The molecule has 0 N–H and O–H groups in total. The number of fused-ring (bicyclic) bond motifs is 2. The average Bonchev–Trinajstić information content (AvgIpc) is 3.35. The summed E-state index contributed by atoms with van der Waals surface area (Å²) in [7, 11) is 0. The Labute approximate surface area is 211 Å². The Morgan fingerprint density at radius 3 is 2.42 bits per heavy atom. The largest absolute Gasteiger partial charge is 0.460 e. The van der Waals surface area contributed by atoms with E-state index in [1.54, 1.807) is 29.8 Å².